The van der Waals surface area contributed by atoms with E-state index in [4.69, 9.17) is 9.47 Å². The Bertz CT molecular complexity index is 730. The van der Waals surface area contributed by atoms with Crippen LogP contribution in [0.3, 0.4) is 0 Å². The van der Waals surface area contributed by atoms with Crippen molar-refractivity contribution in [2.45, 2.75) is 25.9 Å². The molecule has 6 nitrogen and oxygen atoms in total. The van der Waals surface area contributed by atoms with E-state index in [1.165, 1.54) is 12.1 Å². The molecule has 0 atom stereocenters. The molecule has 0 bridgehead atoms. The summed E-state index contributed by atoms with van der Waals surface area (Å²) in [6.45, 7) is 0.951. The molecule has 0 spiro atoms. The third kappa shape index (κ3) is 4.11. The van der Waals surface area contributed by atoms with Gasteiger partial charge < -0.3 is 14.8 Å². The number of nitrogens with zero attached hydrogens (tertiary/aromatic N) is 2. The molecule has 2 heterocycles. The van der Waals surface area contributed by atoms with Crippen molar-refractivity contribution in [3.8, 4) is 5.75 Å². The Kier molecular flexibility index (Phi) is 5.10. The van der Waals surface area contributed by atoms with E-state index in [-0.39, 0.29) is 18.5 Å². The van der Waals surface area contributed by atoms with Crippen molar-refractivity contribution in [3.63, 3.8) is 0 Å². The van der Waals surface area contributed by atoms with Crippen molar-refractivity contribution in [2.24, 2.45) is 7.05 Å². The number of carbonyl (C=O) groups is 1. The molecule has 0 saturated heterocycles. The first-order chi connectivity index (χ1) is 11.6. The Labute approximate surface area is 139 Å². The highest BCUT2D eigenvalue weighted by Gasteiger charge is 2.16. The minimum atomic E-state index is -0.319. The molecule has 0 saturated carbocycles. The highest BCUT2D eigenvalue weighted by atomic mass is 19.1. The zero-order valence-electron chi connectivity index (χ0n) is 13.5. The monoisotopic (exact) mass is 333 g/mol. The predicted octanol–water partition coefficient (Wildman–Crippen LogP) is 1.72. The topological polar surface area (TPSA) is 65.4 Å². The van der Waals surface area contributed by atoms with E-state index in [9.17, 15) is 9.18 Å². The molecule has 0 fully saturated rings. The van der Waals surface area contributed by atoms with Gasteiger partial charge in [-0.3, -0.25) is 9.48 Å². The van der Waals surface area contributed by atoms with E-state index < -0.39 is 0 Å². The fraction of sp³-hybridized carbons (Fsp3) is 0.412. The van der Waals surface area contributed by atoms with Gasteiger partial charge in [-0.15, -0.1) is 0 Å². The van der Waals surface area contributed by atoms with Crippen LogP contribution in [-0.4, -0.2) is 29.0 Å². The third-order valence-electron chi connectivity index (χ3n) is 3.87. The van der Waals surface area contributed by atoms with Crippen molar-refractivity contribution < 1.29 is 18.7 Å². The highest BCUT2D eigenvalue weighted by molar-refractivity contribution is 5.76. The fourth-order valence-corrected chi connectivity index (χ4v) is 2.73. The van der Waals surface area contributed by atoms with Crippen molar-refractivity contribution >= 4 is 5.91 Å². The maximum Gasteiger partial charge on any atom is 0.220 e. The molecule has 1 amide bonds. The minimum absolute atomic E-state index is 0.0339. The second-order valence-corrected chi connectivity index (χ2v) is 5.79. The molecule has 1 aliphatic heterocycles. The standard InChI is InChI=1S/C17H20FN3O3/c1-21-9-12(8-20-21)2-3-16(22)19-5-4-13-6-15(18)7-14-10-23-11-24-17(13)14/h6-9H,2-5,10-11H2,1H3,(H,19,22). The normalized spacial score (nSPS) is 13.2. The molecule has 24 heavy (non-hydrogen) atoms. The third-order valence-corrected chi connectivity index (χ3v) is 3.87. The van der Waals surface area contributed by atoms with Crippen molar-refractivity contribution in [1.82, 2.24) is 15.1 Å². The lowest BCUT2D eigenvalue weighted by atomic mass is 10.1. The zero-order valence-corrected chi connectivity index (χ0v) is 13.5. The summed E-state index contributed by atoms with van der Waals surface area (Å²) in [6, 6.07) is 2.87. The van der Waals surface area contributed by atoms with Crippen LogP contribution in [0.2, 0.25) is 0 Å². The maximum atomic E-state index is 13.6. The van der Waals surface area contributed by atoms with Gasteiger partial charge >= 0.3 is 0 Å². The molecular formula is C17H20FN3O3. The first-order valence-electron chi connectivity index (χ1n) is 7.88. The fourth-order valence-electron chi connectivity index (χ4n) is 2.73. The Morgan fingerprint density at radius 1 is 1.42 bits per heavy atom. The predicted molar refractivity (Wildman–Crippen MR) is 84.9 cm³/mol. The summed E-state index contributed by atoms with van der Waals surface area (Å²) in [4.78, 5) is 11.9. The van der Waals surface area contributed by atoms with Crippen molar-refractivity contribution in [3.05, 3.63) is 47.0 Å². The molecule has 1 aromatic carbocycles. The molecular weight excluding hydrogens is 313 g/mol. The number of rotatable bonds is 6. The zero-order chi connectivity index (χ0) is 16.9. The molecule has 1 aliphatic rings. The number of fused-ring (bicyclic) bond motifs is 1. The van der Waals surface area contributed by atoms with Gasteiger partial charge in [-0.25, -0.2) is 4.39 Å². The molecule has 0 unspecified atom stereocenters. The van der Waals surface area contributed by atoms with E-state index >= 15 is 0 Å². The van der Waals surface area contributed by atoms with Crippen LogP contribution in [0.4, 0.5) is 4.39 Å². The summed E-state index contributed by atoms with van der Waals surface area (Å²) >= 11 is 0. The summed E-state index contributed by atoms with van der Waals surface area (Å²) in [5.74, 6) is 0.321. The van der Waals surface area contributed by atoms with Crippen LogP contribution < -0.4 is 10.1 Å². The summed E-state index contributed by atoms with van der Waals surface area (Å²) in [5, 5.41) is 6.93. The summed E-state index contributed by atoms with van der Waals surface area (Å²) in [6.07, 6.45) is 5.21. The van der Waals surface area contributed by atoms with Crippen LogP contribution in [0.15, 0.2) is 24.5 Å². The molecule has 1 aromatic heterocycles. The number of amides is 1. The Balaban J connectivity index is 1.49. The van der Waals surface area contributed by atoms with Gasteiger partial charge in [0.2, 0.25) is 5.91 Å². The second kappa shape index (κ2) is 7.44. The van der Waals surface area contributed by atoms with Crippen LogP contribution in [0.5, 0.6) is 5.75 Å². The summed E-state index contributed by atoms with van der Waals surface area (Å²) in [5.41, 5.74) is 2.49. The molecule has 0 radical (unpaired) electrons. The first kappa shape index (κ1) is 16.4. The van der Waals surface area contributed by atoms with Crippen LogP contribution >= 0.6 is 0 Å². The maximum absolute atomic E-state index is 13.6. The van der Waals surface area contributed by atoms with Crippen LogP contribution in [0.1, 0.15) is 23.1 Å². The van der Waals surface area contributed by atoms with Crippen molar-refractivity contribution in [2.75, 3.05) is 13.3 Å². The largest absolute Gasteiger partial charge is 0.467 e. The van der Waals surface area contributed by atoms with Gasteiger partial charge in [-0.05, 0) is 36.1 Å². The molecule has 2 aromatic rings. The quantitative estimate of drug-likeness (QED) is 0.874. The van der Waals surface area contributed by atoms with E-state index in [2.05, 4.69) is 10.4 Å². The summed E-state index contributed by atoms with van der Waals surface area (Å²) in [7, 11) is 1.84. The summed E-state index contributed by atoms with van der Waals surface area (Å²) < 4.78 is 26.0. The van der Waals surface area contributed by atoms with Gasteiger partial charge in [0.1, 0.15) is 11.6 Å². The van der Waals surface area contributed by atoms with Crippen LogP contribution in [-0.2, 0) is 36.0 Å². The number of halogens is 1. The molecule has 7 heteroatoms. The number of ether oxygens (including phenoxy) is 2. The average Bonchev–Trinajstić information content (AvgIpc) is 2.98. The molecule has 1 N–H and O–H groups in total. The van der Waals surface area contributed by atoms with Gasteiger partial charge in [0, 0.05) is 31.8 Å². The van der Waals surface area contributed by atoms with Crippen LogP contribution in [0.25, 0.3) is 0 Å². The molecule has 0 aliphatic carbocycles. The number of hydrogen-bond acceptors (Lipinski definition) is 4. The van der Waals surface area contributed by atoms with Crippen LogP contribution in [0, 0.1) is 5.82 Å². The number of aromatic nitrogens is 2. The second-order valence-electron chi connectivity index (χ2n) is 5.79. The molecule has 3 rings (SSSR count). The van der Waals surface area contributed by atoms with Gasteiger partial charge in [-0.2, -0.15) is 5.10 Å². The van der Waals surface area contributed by atoms with Gasteiger partial charge in [-0.1, -0.05) is 0 Å². The highest BCUT2D eigenvalue weighted by Crippen LogP contribution is 2.29. The number of benzene rings is 1. The number of hydrogen-bond donors (Lipinski definition) is 1. The van der Waals surface area contributed by atoms with E-state index in [1.54, 1.807) is 10.9 Å². The Morgan fingerprint density at radius 3 is 3.08 bits per heavy atom. The molecule has 128 valence electrons. The van der Waals surface area contributed by atoms with Gasteiger partial charge in [0.15, 0.2) is 6.79 Å². The number of nitrogens with one attached hydrogen (secondary N) is 1. The number of aryl methyl sites for hydroxylation is 2. The van der Waals surface area contributed by atoms with Crippen molar-refractivity contribution in [1.29, 1.82) is 0 Å². The number of carbonyl (C=O) groups excluding carboxylic acids is 1. The van der Waals surface area contributed by atoms with Gasteiger partial charge in [0.25, 0.3) is 0 Å². The minimum Gasteiger partial charge on any atom is -0.467 e. The Hall–Kier alpha value is -2.41. The first-order valence-corrected chi connectivity index (χ1v) is 7.88. The lowest BCUT2D eigenvalue weighted by molar-refractivity contribution is -0.121. The SMILES string of the molecule is Cn1cc(CCC(=O)NCCc2cc(F)cc3c2OCOC3)cn1. The lowest BCUT2D eigenvalue weighted by Gasteiger charge is -2.21. The van der Waals surface area contributed by atoms with E-state index in [0.29, 0.717) is 43.7 Å². The Morgan fingerprint density at radius 2 is 2.29 bits per heavy atom. The lowest BCUT2D eigenvalue weighted by Crippen LogP contribution is -2.26. The average molecular weight is 333 g/mol. The van der Waals surface area contributed by atoms with E-state index in [1.807, 2.05) is 13.2 Å². The smallest absolute Gasteiger partial charge is 0.220 e. The van der Waals surface area contributed by atoms with Gasteiger partial charge in [0.05, 0.1) is 12.8 Å². The van der Waals surface area contributed by atoms with E-state index in [0.717, 1.165) is 11.1 Å².